The van der Waals surface area contributed by atoms with E-state index >= 15 is 0 Å². The van der Waals surface area contributed by atoms with Gasteiger partial charge in [-0.2, -0.15) is 0 Å². The molecule has 76 valence electrons. The zero-order valence-electron chi connectivity index (χ0n) is 7.73. The van der Waals surface area contributed by atoms with Crippen LogP contribution in [0.25, 0.3) is 0 Å². The van der Waals surface area contributed by atoms with E-state index in [1.54, 1.807) is 6.08 Å². The summed E-state index contributed by atoms with van der Waals surface area (Å²) in [7, 11) is 0. The molecular formula is C10H12O4. The minimum Gasteiger partial charge on any atom is -0.478 e. The maximum atomic E-state index is 10.6. The van der Waals surface area contributed by atoms with Crippen molar-refractivity contribution >= 4 is 5.97 Å². The lowest BCUT2D eigenvalue weighted by molar-refractivity contribution is 0.0680. The minimum atomic E-state index is -0.999. The summed E-state index contributed by atoms with van der Waals surface area (Å²) in [5.41, 5.74) is 0.156. The maximum absolute atomic E-state index is 10.6. The summed E-state index contributed by atoms with van der Waals surface area (Å²) in [4.78, 5) is 10.6. The Bertz CT molecular complexity index is 314. The van der Waals surface area contributed by atoms with E-state index in [1.165, 1.54) is 12.3 Å². The van der Waals surface area contributed by atoms with Crippen LogP contribution in [0.3, 0.4) is 0 Å². The summed E-state index contributed by atoms with van der Waals surface area (Å²) < 4.78 is 10.2. The lowest BCUT2D eigenvalue weighted by atomic mass is 10.2. The third-order valence-electron chi connectivity index (χ3n) is 1.68. The van der Waals surface area contributed by atoms with Crippen LogP contribution in [0, 0.1) is 0 Å². The largest absolute Gasteiger partial charge is 0.478 e. The van der Waals surface area contributed by atoms with Gasteiger partial charge in [0, 0.05) is 0 Å². The third kappa shape index (κ3) is 2.74. The van der Waals surface area contributed by atoms with Crippen LogP contribution in [-0.2, 0) is 11.3 Å². The Hall–Kier alpha value is -1.55. The molecular weight excluding hydrogens is 184 g/mol. The van der Waals surface area contributed by atoms with E-state index in [9.17, 15) is 4.79 Å². The molecule has 1 aromatic heterocycles. The molecule has 0 amide bonds. The summed E-state index contributed by atoms with van der Waals surface area (Å²) in [6, 6.07) is 1.41. The van der Waals surface area contributed by atoms with Gasteiger partial charge in [-0.15, -0.1) is 6.58 Å². The predicted octanol–water partition coefficient (Wildman–Crippen LogP) is 2.07. The average Bonchev–Trinajstić information content (AvgIpc) is 2.60. The van der Waals surface area contributed by atoms with Gasteiger partial charge in [-0.1, -0.05) is 6.08 Å². The van der Waals surface area contributed by atoms with Gasteiger partial charge < -0.3 is 14.3 Å². The van der Waals surface area contributed by atoms with Crippen LogP contribution < -0.4 is 0 Å². The first-order chi connectivity index (χ1) is 6.75. The Kier molecular flexibility index (Phi) is 3.94. The first-order valence-corrected chi connectivity index (χ1v) is 4.24. The van der Waals surface area contributed by atoms with Gasteiger partial charge >= 0.3 is 5.97 Å². The molecule has 0 saturated carbocycles. The lowest BCUT2D eigenvalue weighted by Crippen LogP contribution is -2.01. The number of ether oxygens (including phenoxy) is 1. The van der Waals surface area contributed by atoms with Gasteiger partial charge in [0.1, 0.15) is 17.9 Å². The van der Waals surface area contributed by atoms with Gasteiger partial charge in [-0.05, 0) is 12.5 Å². The molecule has 0 atom stereocenters. The van der Waals surface area contributed by atoms with Crippen molar-refractivity contribution in [2.24, 2.45) is 0 Å². The average molecular weight is 196 g/mol. The lowest BCUT2D eigenvalue weighted by Gasteiger charge is -2.00. The standard InChI is InChI=1S/C10H12O4/c1-2-3-5-13-7-9-8(10(11)12)4-6-14-9/h2,4,6H,1,3,5,7H2,(H,11,12). The Balaban J connectivity index is 2.45. The molecule has 1 aromatic rings. The van der Waals surface area contributed by atoms with Crippen molar-refractivity contribution in [2.45, 2.75) is 13.0 Å². The van der Waals surface area contributed by atoms with Crippen molar-refractivity contribution < 1.29 is 19.1 Å². The van der Waals surface area contributed by atoms with Crippen LogP contribution in [0.4, 0.5) is 0 Å². The number of hydrogen-bond acceptors (Lipinski definition) is 3. The van der Waals surface area contributed by atoms with Crippen molar-refractivity contribution in [2.75, 3.05) is 6.61 Å². The highest BCUT2D eigenvalue weighted by Gasteiger charge is 2.12. The molecule has 14 heavy (non-hydrogen) atoms. The van der Waals surface area contributed by atoms with E-state index in [1.807, 2.05) is 0 Å². The Labute approximate surface area is 81.8 Å². The number of rotatable bonds is 6. The van der Waals surface area contributed by atoms with Gasteiger partial charge in [-0.25, -0.2) is 4.79 Å². The fourth-order valence-electron chi connectivity index (χ4n) is 0.974. The summed E-state index contributed by atoms with van der Waals surface area (Å²) >= 11 is 0. The second kappa shape index (κ2) is 5.24. The fourth-order valence-corrected chi connectivity index (χ4v) is 0.974. The normalized spacial score (nSPS) is 10.0. The molecule has 0 aliphatic heterocycles. The molecule has 0 radical (unpaired) electrons. The van der Waals surface area contributed by atoms with Crippen molar-refractivity contribution in [3.63, 3.8) is 0 Å². The second-order valence-corrected chi connectivity index (χ2v) is 2.69. The Morgan fingerprint density at radius 1 is 1.71 bits per heavy atom. The van der Waals surface area contributed by atoms with E-state index in [4.69, 9.17) is 14.3 Å². The molecule has 0 aliphatic carbocycles. The van der Waals surface area contributed by atoms with E-state index in [0.717, 1.165) is 6.42 Å². The number of carboxylic acid groups (broad SMARTS) is 1. The van der Waals surface area contributed by atoms with Crippen LogP contribution in [0.5, 0.6) is 0 Å². The van der Waals surface area contributed by atoms with Crippen LogP contribution in [-0.4, -0.2) is 17.7 Å². The Morgan fingerprint density at radius 3 is 3.14 bits per heavy atom. The van der Waals surface area contributed by atoms with E-state index in [-0.39, 0.29) is 12.2 Å². The highest BCUT2D eigenvalue weighted by atomic mass is 16.5. The predicted molar refractivity (Wildman–Crippen MR) is 50.1 cm³/mol. The van der Waals surface area contributed by atoms with Gasteiger partial charge in [-0.3, -0.25) is 0 Å². The van der Waals surface area contributed by atoms with Crippen LogP contribution in [0.15, 0.2) is 29.4 Å². The second-order valence-electron chi connectivity index (χ2n) is 2.69. The summed E-state index contributed by atoms with van der Waals surface area (Å²) in [6.07, 6.45) is 3.82. The van der Waals surface area contributed by atoms with Crippen LogP contribution >= 0.6 is 0 Å². The molecule has 0 aliphatic rings. The maximum Gasteiger partial charge on any atom is 0.339 e. The van der Waals surface area contributed by atoms with Crippen molar-refractivity contribution in [1.82, 2.24) is 0 Å². The molecule has 1 rings (SSSR count). The quantitative estimate of drug-likeness (QED) is 0.559. The molecule has 1 heterocycles. The number of carboxylic acids is 1. The summed E-state index contributed by atoms with van der Waals surface area (Å²) in [5, 5.41) is 8.73. The van der Waals surface area contributed by atoms with E-state index in [0.29, 0.717) is 12.4 Å². The first kappa shape index (κ1) is 10.5. The molecule has 0 spiro atoms. The van der Waals surface area contributed by atoms with E-state index in [2.05, 4.69) is 6.58 Å². The molecule has 0 aromatic carbocycles. The summed E-state index contributed by atoms with van der Waals surface area (Å²) in [6.45, 7) is 4.24. The van der Waals surface area contributed by atoms with Crippen molar-refractivity contribution in [3.8, 4) is 0 Å². The van der Waals surface area contributed by atoms with Crippen molar-refractivity contribution in [1.29, 1.82) is 0 Å². The highest BCUT2D eigenvalue weighted by Crippen LogP contribution is 2.11. The Morgan fingerprint density at radius 2 is 2.50 bits per heavy atom. The monoisotopic (exact) mass is 196 g/mol. The van der Waals surface area contributed by atoms with Gasteiger partial charge in [0.05, 0.1) is 12.9 Å². The molecule has 1 N–H and O–H groups in total. The first-order valence-electron chi connectivity index (χ1n) is 4.24. The number of aromatic carboxylic acids is 1. The van der Waals surface area contributed by atoms with Crippen LogP contribution in [0.2, 0.25) is 0 Å². The SMILES string of the molecule is C=CCCOCc1occc1C(=O)O. The number of carbonyl (C=O) groups is 1. The molecule has 0 fully saturated rings. The minimum absolute atomic E-state index is 0.156. The van der Waals surface area contributed by atoms with E-state index < -0.39 is 5.97 Å². The topological polar surface area (TPSA) is 59.7 Å². The van der Waals surface area contributed by atoms with Gasteiger partial charge in [0.2, 0.25) is 0 Å². The van der Waals surface area contributed by atoms with Crippen molar-refractivity contribution in [3.05, 3.63) is 36.3 Å². The van der Waals surface area contributed by atoms with Gasteiger partial charge in [0.25, 0.3) is 0 Å². The summed E-state index contributed by atoms with van der Waals surface area (Å²) in [5.74, 6) is -0.650. The highest BCUT2D eigenvalue weighted by molar-refractivity contribution is 5.88. The number of hydrogen-bond donors (Lipinski definition) is 1. The molecule has 4 heteroatoms. The molecule has 0 bridgehead atoms. The third-order valence-corrected chi connectivity index (χ3v) is 1.68. The molecule has 0 unspecified atom stereocenters. The smallest absolute Gasteiger partial charge is 0.339 e. The zero-order chi connectivity index (χ0) is 10.4. The van der Waals surface area contributed by atoms with Gasteiger partial charge in [0.15, 0.2) is 0 Å². The molecule has 4 nitrogen and oxygen atoms in total. The number of furan rings is 1. The van der Waals surface area contributed by atoms with Crippen LogP contribution in [0.1, 0.15) is 22.5 Å². The fraction of sp³-hybridized carbons (Fsp3) is 0.300. The molecule has 0 saturated heterocycles. The zero-order valence-corrected chi connectivity index (χ0v) is 7.73.